The van der Waals surface area contributed by atoms with Crippen molar-refractivity contribution in [1.82, 2.24) is 4.90 Å². The summed E-state index contributed by atoms with van der Waals surface area (Å²) < 4.78 is 37.9. The predicted molar refractivity (Wildman–Crippen MR) is 101 cm³/mol. The first kappa shape index (κ1) is 24.3. The number of benzene rings is 1. The Bertz CT molecular complexity index is 640. The van der Waals surface area contributed by atoms with Gasteiger partial charge in [0.15, 0.2) is 0 Å². The molecule has 6 nitrogen and oxygen atoms in total. The average Bonchev–Trinajstić information content (AvgIpc) is 2.54. The highest BCUT2D eigenvalue weighted by Crippen LogP contribution is 2.24. The Kier molecular flexibility index (Phi) is 8.34. The van der Waals surface area contributed by atoms with Gasteiger partial charge in [-0.3, -0.25) is 4.90 Å². The van der Waals surface area contributed by atoms with Gasteiger partial charge in [-0.1, -0.05) is 0 Å². The number of amides is 1. The third-order valence-electron chi connectivity index (χ3n) is 4.17. The second-order valence-corrected chi connectivity index (χ2v) is 8.21. The van der Waals surface area contributed by atoms with Gasteiger partial charge in [0, 0.05) is 13.1 Å². The maximum atomic E-state index is 13.4. The number of aliphatic hydroxyl groups is 2. The molecule has 0 saturated carbocycles. The van der Waals surface area contributed by atoms with E-state index in [0.717, 1.165) is 6.07 Å². The summed E-state index contributed by atoms with van der Waals surface area (Å²) in [4.78, 5) is 13.6. The molecule has 0 bridgehead atoms. The highest BCUT2D eigenvalue weighted by Gasteiger charge is 2.36. The van der Waals surface area contributed by atoms with Crippen molar-refractivity contribution in [1.29, 1.82) is 0 Å². The Morgan fingerprint density at radius 1 is 1.14 bits per heavy atom. The van der Waals surface area contributed by atoms with Crippen LogP contribution in [-0.2, 0) is 15.9 Å². The largest absolute Gasteiger partial charge is 0.444 e. The fraction of sp³-hybridized carbons (Fsp3) is 0.650. The highest BCUT2D eigenvalue weighted by atomic mass is 19.1. The molecule has 2 N–H and O–H groups in total. The quantitative estimate of drug-likeness (QED) is 0.652. The van der Waals surface area contributed by atoms with Crippen molar-refractivity contribution in [3.8, 4) is 0 Å². The van der Waals surface area contributed by atoms with E-state index < -0.39 is 47.9 Å². The van der Waals surface area contributed by atoms with Gasteiger partial charge in [-0.25, -0.2) is 13.6 Å². The summed E-state index contributed by atoms with van der Waals surface area (Å²) in [5.41, 5.74) is -1.46. The maximum Gasteiger partial charge on any atom is 0.412 e. The van der Waals surface area contributed by atoms with Crippen LogP contribution < -0.4 is 0 Å². The Balaban J connectivity index is 2.87. The lowest BCUT2D eigenvalue weighted by atomic mass is 10.0. The molecule has 1 rings (SSSR count). The Morgan fingerprint density at radius 2 is 1.68 bits per heavy atom. The molecule has 8 heteroatoms. The summed E-state index contributed by atoms with van der Waals surface area (Å²) in [5.74, 6) is -1.39. The minimum atomic E-state index is -1.23. The summed E-state index contributed by atoms with van der Waals surface area (Å²) in [6.45, 7) is 7.90. The van der Waals surface area contributed by atoms with Gasteiger partial charge >= 0.3 is 6.09 Å². The molecule has 1 aromatic rings. The molecule has 0 fully saturated rings. The van der Waals surface area contributed by atoms with Crippen LogP contribution in [0, 0.1) is 11.6 Å². The molecule has 0 radical (unpaired) electrons. The number of carbonyl (C=O) groups is 1. The third kappa shape index (κ3) is 7.69. The van der Waals surface area contributed by atoms with Crippen molar-refractivity contribution in [2.45, 2.75) is 71.0 Å². The molecule has 28 heavy (non-hydrogen) atoms. The molecule has 0 aromatic heterocycles. The summed E-state index contributed by atoms with van der Waals surface area (Å²) in [6, 6.07) is 3.17. The number of nitrogens with zero attached hydrogens (tertiary/aromatic N) is 1. The lowest BCUT2D eigenvalue weighted by Crippen LogP contribution is -2.52. The van der Waals surface area contributed by atoms with Gasteiger partial charge in [-0.2, -0.15) is 0 Å². The van der Waals surface area contributed by atoms with Crippen LogP contribution in [0.2, 0.25) is 0 Å². The van der Waals surface area contributed by atoms with Crippen molar-refractivity contribution in [2.24, 2.45) is 0 Å². The second-order valence-electron chi connectivity index (χ2n) is 8.21. The lowest BCUT2D eigenvalue weighted by molar-refractivity contribution is -0.183. The molecule has 0 aliphatic heterocycles. The van der Waals surface area contributed by atoms with E-state index in [1.165, 1.54) is 24.1 Å². The van der Waals surface area contributed by atoms with Crippen molar-refractivity contribution >= 4 is 6.09 Å². The van der Waals surface area contributed by atoms with E-state index in [4.69, 9.17) is 9.47 Å². The first-order valence-corrected chi connectivity index (χ1v) is 9.13. The molecule has 0 saturated heterocycles. The standard InChI is InChI=1S/C20H31F2NO5/c1-19(2,3)28-18(26)23(6)20(4,5)27-17(16(25)12-24)8-7-13-9-14(21)11-15(22)10-13/h9-11,16-17,24-25H,7-8,12H2,1-6H3. The Morgan fingerprint density at radius 3 is 2.14 bits per heavy atom. The van der Waals surface area contributed by atoms with Crippen LogP contribution in [0.5, 0.6) is 0 Å². The van der Waals surface area contributed by atoms with E-state index in [9.17, 15) is 23.8 Å². The van der Waals surface area contributed by atoms with E-state index in [1.807, 2.05) is 0 Å². The molecule has 1 amide bonds. The topological polar surface area (TPSA) is 79.2 Å². The smallest absolute Gasteiger partial charge is 0.412 e. The first-order chi connectivity index (χ1) is 12.7. The first-order valence-electron chi connectivity index (χ1n) is 9.13. The van der Waals surface area contributed by atoms with Crippen molar-refractivity contribution < 1.29 is 33.3 Å². The van der Waals surface area contributed by atoms with Crippen molar-refractivity contribution in [2.75, 3.05) is 13.7 Å². The van der Waals surface area contributed by atoms with Crippen LogP contribution >= 0.6 is 0 Å². The fourth-order valence-corrected chi connectivity index (χ4v) is 2.51. The molecule has 0 aliphatic carbocycles. The molecular weight excluding hydrogens is 372 g/mol. The van der Waals surface area contributed by atoms with Gasteiger partial charge in [0.05, 0.1) is 12.7 Å². The average molecular weight is 403 g/mol. The van der Waals surface area contributed by atoms with Crippen LogP contribution in [0.4, 0.5) is 13.6 Å². The Labute approximate surface area is 165 Å². The number of halogens is 2. The molecule has 0 aliphatic rings. The molecule has 2 unspecified atom stereocenters. The number of rotatable bonds is 8. The minimum Gasteiger partial charge on any atom is -0.444 e. The van der Waals surface area contributed by atoms with E-state index >= 15 is 0 Å². The fourth-order valence-electron chi connectivity index (χ4n) is 2.51. The van der Waals surface area contributed by atoms with Crippen LogP contribution in [0.3, 0.4) is 0 Å². The SMILES string of the molecule is CN(C(=O)OC(C)(C)C)C(C)(C)OC(CCc1cc(F)cc(F)c1)C(O)CO. The van der Waals surface area contributed by atoms with Gasteiger partial charge in [-0.05, 0) is 65.2 Å². The zero-order chi connectivity index (χ0) is 21.7. The number of hydrogen-bond acceptors (Lipinski definition) is 5. The summed E-state index contributed by atoms with van der Waals surface area (Å²) in [6.07, 6.45) is -2.33. The van der Waals surface area contributed by atoms with Gasteiger partial charge < -0.3 is 19.7 Å². The van der Waals surface area contributed by atoms with Crippen molar-refractivity contribution in [3.63, 3.8) is 0 Å². The number of ether oxygens (including phenoxy) is 2. The van der Waals surface area contributed by atoms with E-state index in [0.29, 0.717) is 5.56 Å². The highest BCUT2D eigenvalue weighted by molar-refractivity contribution is 5.68. The molecule has 0 heterocycles. The van der Waals surface area contributed by atoms with Gasteiger partial charge in [0.25, 0.3) is 0 Å². The minimum absolute atomic E-state index is 0.177. The molecule has 0 spiro atoms. The monoisotopic (exact) mass is 403 g/mol. The van der Waals surface area contributed by atoms with Crippen LogP contribution in [-0.4, -0.2) is 58.4 Å². The predicted octanol–water partition coefficient (Wildman–Crippen LogP) is 3.24. The lowest BCUT2D eigenvalue weighted by Gasteiger charge is -2.39. The zero-order valence-corrected chi connectivity index (χ0v) is 17.3. The van der Waals surface area contributed by atoms with Crippen molar-refractivity contribution in [3.05, 3.63) is 35.4 Å². The number of aryl methyl sites for hydroxylation is 1. The normalized spacial score (nSPS) is 14.5. The third-order valence-corrected chi connectivity index (χ3v) is 4.17. The number of aliphatic hydroxyl groups excluding tert-OH is 2. The maximum absolute atomic E-state index is 13.4. The molecular formula is C20H31F2NO5. The van der Waals surface area contributed by atoms with E-state index in [-0.39, 0.29) is 12.8 Å². The summed E-state index contributed by atoms with van der Waals surface area (Å²) in [5, 5.41) is 19.5. The Hall–Kier alpha value is -1.77. The van der Waals surface area contributed by atoms with Gasteiger partial charge in [0.2, 0.25) is 0 Å². The molecule has 1 aromatic carbocycles. The zero-order valence-electron chi connectivity index (χ0n) is 17.3. The van der Waals surface area contributed by atoms with Gasteiger partial charge in [0.1, 0.15) is 29.1 Å². The van der Waals surface area contributed by atoms with E-state index in [2.05, 4.69) is 0 Å². The van der Waals surface area contributed by atoms with Crippen LogP contribution in [0.1, 0.15) is 46.6 Å². The van der Waals surface area contributed by atoms with Crippen LogP contribution in [0.15, 0.2) is 18.2 Å². The number of hydrogen-bond donors (Lipinski definition) is 2. The van der Waals surface area contributed by atoms with E-state index in [1.54, 1.807) is 34.6 Å². The second kappa shape index (κ2) is 9.62. The van der Waals surface area contributed by atoms with Crippen LogP contribution in [0.25, 0.3) is 0 Å². The van der Waals surface area contributed by atoms with Gasteiger partial charge in [-0.15, -0.1) is 0 Å². The number of carbonyl (C=O) groups excluding carboxylic acids is 1. The molecule has 160 valence electrons. The molecule has 2 atom stereocenters. The summed E-state index contributed by atoms with van der Waals surface area (Å²) in [7, 11) is 1.50. The summed E-state index contributed by atoms with van der Waals surface area (Å²) >= 11 is 0.